The van der Waals surface area contributed by atoms with Crippen LogP contribution in [0, 0.1) is 19.8 Å². The van der Waals surface area contributed by atoms with Crippen molar-refractivity contribution in [1.29, 1.82) is 0 Å². The lowest BCUT2D eigenvalue weighted by molar-refractivity contribution is -0.140. The van der Waals surface area contributed by atoms with Crippen molar-refractivity contribution in [3.8, 4) is 5.75 Å². The third-order valence-electron chi connectivity index (χ3n) is 4.35. The summed E-state index contributed by atoms with van der Waals surface area (Å²) in [6.45, 7) is 10.1. The minimum atomic E-state index is -0.362. The van der Waals surface area contributed by atoms with Gasteiger partial charge in [0, 0.05) is 13.1 Å². The Morgan fingerprint density at radius 1 is 1.33 bits per heavy atom. The van der Waals surface area contributed by atoms with Gasteiger partial charge in [0.05, 0.1) is 0 Å². The van der Waals surface area contributed by atoms with Gasteiger partial charge in [0.15, 0.2) is 6.10 Å². The van der Waals surface area contributed by atoms with Crippen molar-refractivity contribution < 1.29 is 9.53 Å². The van der Waals surface area contributed by atoms with Gasteiger partial charge in [-0.3, -0.25) is 4.79 Å². The normalized spacial score (nSPS) is 17.6. The van der Waals surface area contributed by atoms with E-state index in [1.54, 1.807) is 0 Å². The van der Waals surface area contributed by atoms with E-state index in [0.717, 1.165) is 48.7 Å². The molecule has 116 valence electrons. The Morgan fingerprint density at radius 2 is 2.00 bits per heavy atom. The fraction of sp³-hybridized carbons (Fsp3) is 0.611. The number of amides is 1. The van der Waals surface area contributed by atoms with E-state index in [2.05, 4.69) is 13.0 Å². The smallest absolute Gasteiger partial charge is 0.263 e. The Morgan fingerprint density at radius 3 is 2.62 bits per heavy atom. The van der Waals surface area contributed by atoms with Crippen LogP contribution in [0.15, 0.2) is 18.2 Å². The number of nitrogens with zero attached hydrogens (tertiary/aromatic N) is 1. The second-order valence-electron chi connectivity index (χ2n) is 6.29. The Bertz CT molecular complexity index is 490. The summed E-state index contributed by atoms with van der Waals surface area (Å²) >= 11 is 0. The highest BCUT2D eigenvalue weighted by molar-refractivity contribution is 5.81. The van der Waals surface area contributed by atoms with Gasteiger partial charge >= 0.3 is 0 Å². The maximum absolute atomic E-state index is 12.6. The van der Waals surface area contributed by atoms with Gasteiger partial charge in [0.2, 0.25) is 0 Å². The molecule has 0 aliphatic carbocycles. The summed E-state index contributed by atoms with van der Waals surface area (Å²) in [5.41, 5.74) is 2.24. The van der Waals surface area contributed by atoms with Crippen LogP contribution in [0.1, 0.15) is 44.2 Å². The molecule has 1 fully saturated rings. The lowest BCUT2D eigenvalue weighted by atomic mass is 9.99. The third-order valence-corrected chi connectivity index (χ3v) is 4.35. The molecule has 1 amide bonds. The average molecular weight is 289 g/mol. The number of rotatable bonds is 4. The number of aryl methyl sites for hydroxylation is 2. The van der Waals surface area contributed by atoms with E-state index in [1.165, 1.54) is 0 Å². The van der Waals surface area contributed by atoms with E-state index in [0.29, 0.717) is 6.42 Å². The molecule has 1 aromatic carbocycles. The molecular weight excluding hydrogens is 262 g/mol. The van der Waals surface area contributed by atoms with Crippen molar-refractivity contribution in [2.24, 2.45) is 5.92 Å². The van der Waals surface area contributed by atoms with Crippen LogP contribution in [0.5, 0.6) is 5.75 Å². The summed E-state index contributed by atoms with van der Waals surface area (Å²) in [5, 5.41) is 0. The third kappa shape index (κ3) is 3.99. The number of hydrogen-bond donors (Lipinski definition) is 0. The lowest BCUT2D eigenvalue weighted by Gasteiger charge is -2.33. The number of carbonyl (C=O) groups excluding carboxylic acids is 1. The van der Waals surface area contributed by atoms with Crippen molar-refractivity contribution in [3.05, 3.63) is 29.3 Å². The van der Waals surface area contributed by atoms with Crippen molar-refractivity contribution in [3.63, 3.8) is 0 Å². The van der Waals surface area contributed by atoms with E-state index in [4.69, 9.17) is 4.74 Å². The molecule has 0 N–H and O–H groups in total. The summed E-state index contributed by atoms with van der Waals surface area (Å²) in [4.78, 5) is 14.6. The van der Waals surface area contributed by atoms with Crippen LogP contribution >= 0.6 is 0 Å². The van der Waals surface area contributed by atoms with Crippen LogP contribution in [-0.2, 0) is 4.79 Å². The maximum Gasteiger partial charge on any atom is 0.263 e. The topological polar surface area (TPSA) is 29.5 Å². The van der Waals surface area contributed by atoms with E-state index >= 15 is 0 Å². The van der Waals surface area contributed by atoms with Crippen LogP contribution in [0.2, 0.25) is 0 Å². The predicted molar refractivity (Wildman–Crippen MR) is 85.6 cm³/mol. The molecule has 1 aliphatic heterocycles. The monoisotopic (exact) mass is 289 g/mol. The average Bonchev–Trinajstić information content (AvgIpc) is 2.48. The molecule has 1 aliphatic rings. The van der Waals surface area contributed by atoms with Crippen LogP contribution in [-0.4, -0.2) is 30.0 Å². The molecule has 1 heterocycles. The van der Waals surface area contributed by atoms with Crippen LogP contribution < -0.4 is 4.74 Å². The predicted octanol–water partition coefficient (Wildman–Crippen LogP) is 3.72. The quantitative estimate of drug-likeness (QED) is 0.845. The van der Waals surface area contributed by atoms with Crippen molar-refractivity contribution >= 4 is 5.91 Å². The number of carbonyl (C=O) groups is 1. The molecule has 0 radical (unpaired) electrons. The molecule has 0 aromatic heterocycles. The fourth-order valence-electron chi connectivity index (χ4n) is 2.73. The molecule has 1 saturated heterocycles. The summed E-state index contributed by atoms with van der Waals surface area (Å²) in [6.07, 6.45) is 2.55. The molecule has 2 rings (SSSR count). The van der Waals surface area contributed by atoms with Crippen molar-refractivity contribution in [1.82, 2.24) is 4.90 Å². The van der Waals surface area contributed by atoms with Gasteiger partial charge in [-0.1, -0.05) is 26.0 Å². The van der Waals surface area contributed by atoms with Gasteiger partial charge in [-0.15, -0.1) is 0 Å². The fourth-order valence-corrected chi connectivity index (χ4v) is 2.73. The largest absolute Gasteiger partial charge is 0.480 e. The van der Waals surface area contributed by atoms with Gasteiger partial charge in [-0.2, -0.15) is 0 Å². The highest BCUT2D eigenvalue weighted by Crippen LogP contribution is 2.23. The van der Waals surface area contributed by atoms with Gasteiger partial charge in [0.1, 0.15) is 5.75 Å². The van der Waals surface area contributed by atoms with Crippen LogP contribution in [0.3, 0.4) is 0 Å². The standard InChI is InChI=1S/C18H27NO2/c1-5-16(18(20)19-10-8-13(2)9-11-19)21-17-12-14(3)6-7-15(17)4/h6-7,12-13,16H,5,8-11H2,1-4H3/t16-/m0/s1. The second-order valence-corrected chi connectivity index (χ2v) is 6.29. The van der Waals surface area contributed by atoms with Gasteiger partial charge < -0.3 is 9.64 Å². The minimum Gasteiger partial charge on any atom is -0.480 e. The Hall–Kier alpha value is -1.51. The molecule has 1 aromatic rings. The molecule has 0 bridgehead atoms. The number of likely N-dealkylation sites (tertiary alicyclic amines) is 1. The van der Waals surface area contributed by atoms with E-state index in [9.17, 15) is 4.79 Å². The maximum atomic E-state index is 12.6. The summed E-state index contributed by atoms with van der Waals surface area (Å²) < 4.78 is 6.03. The van der Waals surface area contributed by atoms with Gasteiger partial charge in [-0.25, -0.2) is 0 Å². The summed E-state index contributed by atoms with van der Waals surface area (Å²) in [6, 6.07) is 6.13. The number of ether oxygens (including phenoxy) is 1. The highest BCUT2D eigenvalue weighted by atomic mass is 16.5. The van der Waals surface area contributed by atoms with Crippen molar-refractivity contribution in [2.75, 3.05) is 13.1 Å². The van der Waals surface area contributed by atoms with Gasteiger partial charge in [-0.05, 0) is 56.2 Å². The molecule has 0 saturated carbocycles. The number of piperidine rings is 1. The number of benzene rings is 1. The molecule has 3 nitrogen and oxygen atoms in total. The first-order chi connectivity index (χ1) is 10.0. The van der Waals surface area contributed by atoms with Crippen LogP contribution in [0.4, 0.5) is 0 Å². The summed E-state index contributed by atoms with van der Waals surface area (Å²) in [7, 11) is 0. The van der Waals surface area contributed by atoms with Gasteiger partial charge in [0.25, 0.3) is 5.91 Å². The highest BCUT2D eigenvalue weighted by Gasteiger charge is 2.27. The Kier molecular flexibility index (Phi) is 5.27. The molecule has 1 atom stereocenters. The zero-order valence-electron chi connectivity index (χ0n) is 13.7. The van der Waals surface area contributed by atoms with Crippen LogP contribution in [0.25, 0.3) is 0 Å². The SMILES string of the molecule is CC[C@H](Oc1cc(C)ccc1C)C(=O)N1CCC(C)CC1. The van der Waals surface area contributed by atoms with Crippen molar-refractivity contribution in [2.45, 2.75) is 53.1 Å². The second kappa shape index (κ2) is 6.97. The lowest BCUT2D eigenvalue weighted by Crippen LogP contribution is -2.45. The zero-order valence-corrected chi connectivity index (χ0v) is 13.7. The molecule has 0 spiro atoms. The first-order valence-electron chi connectivity index (χ1n) is 8.04. The Balaban J connectivity index is 2.05. The van der Waals surface area contributed by atoms with E-state index in [1.807, 2.05) is 37.8 Å². The zero-order chi connectivity index (χ0) is 15.4. The minimum absolute atomic E-state index is 0.144. The number of hydrogen-bond acceptors (Lipinski definition) is 2. The molecular formula is C18H27NO2. The summed E-state index contributed by atoms with van der Waals surface area (Å²) in [5.74, 6) is 1.71. The molecule has 21 heavy (non-hydrogen) atoms. The van der Waals surface area contributed by atoms with E-state index < -0.39 is 0 Å². The van der Waals surface area contributed by atoms with E-state index in [-0.39, 0.29) is 12.0 Å². The first kappa shape index (κ1) is 15.9. The molecule has 0 unspecified atom stereocenters. The first-order valence-corrected chi connectivity index (χ1v) is 8.04. The Labute approximate surface area is 128 Å². The molecule has 3 heteroatoms.